The molecule has 0 radical (unpaired) electrons. The zero-order valence-corrected chi connectivity index (χ0v) is 11.0. The maximum absolute atomic E-state index is 12.0. The van der Waals surface area contributed by atoms with Gasteiger partial charge in [0.25, 0.3) is 0 Å². The lowest BCUT2D eigenvalue weighted by Gasteiger charge is -2.06. The molecule has 0 bridgehead atoms. The molecule has 2 nitrogen and oxygen atoms in total. The standard InChI is InChI=1S/C15H23NO/c1-12-8-9-13(2)14(11-12)15(17)7-5-3-4-6-10-16/h8-9,11H,3-7,10,16H2,1-2H3. The molecule has 2 N–H and O–H groups in total. The molecule has 1 aromatic rings. The minimum absolute atomic E-state index is 0.277. The van der Waals surface area contributed by atoms with Crippen molar-refractivity contribution in [2.75, 3.05) is 6.54 Å². The third-order valence-corrected chi connectivity index (χ3v) is 3.05. The van der Waals surface area contributed by atoms with Gasteiger partial charge in [-0.2, -0.15) is 0 Å². The van der Waals surface area contributed by atoms with Crippen molar-refractivity contribution < 1.29 is 4.79 Å². The zero-order valence-electron chi connectivity index (χ0n) is 11.0. The van der Waals surface area contributed by atoms with Gasteiger partial charge in [-0.3, -0.25) is 4.79 Å². The Kier molecular flexibility index (Phi) is 5.92. The molecule has 0 amide bonds. The Balaban J connectivity index is 2.44. The van der Waals surface area contributed by atoms with Gasteiger partial charge < -0.3 is 5.73 Å². The molecular formula is C15H23NO. The summed E-state index contributed by atoms with van der Waals surface area (Å²) in [5.41, 5.74) is 8.56. The van der Waals surface area contributed by atoms with Crippen LogP contribution in [0.3, 0.4) is 0 Å². The van der Waals surface area contributed by atoms with Gasteiger partial charge in [0, 0.05) is 12.0 Å². The van der Waals surface area contributed by atoms with E-state index in [4.69, 9.17) is 5.73 Å². The van der Waals surface area contributed by atoms with Crippen molar-refractivity contribution in [3.8, 4) is 0 Å². The van der Waals surface area contributed by atoms with Gasteiger partial charge in [-0.25, -0.2) is 0 Å². The predicted molar refractivity (Wildman–Crippen MR) is 72.4 cm³/mol. The molecule has 2 heteroatoms. The summed E-state index contributed by atoms with van der Waals surface area (Å²) in [5.74, 6) is 0.277. The molecule has 94 valence electrons. The first-order chi connectivity index (χ1) is 8.15. The molecule has 0 aliphatic rings. The molecular weight excluding hydrogens is 210 g/mol. The number of unbranched alkanes of at least 4 members (excludes halogenated alkanes) is 3. The van der Waals surface area contributed by atoms with Gasteiger partial charge in [0.15, 0.2) is 5.78 Å². The number of rotatable bonds is 7. The second kappa shape index (κ2) is 7.23. The summed E-state index contributed by atoms with van der Waals surface area (Å²) in [6.45, 7) is 4.78. The monoisotopic (exact) mass is 233 g/mol. The van der Waals surface area contributed by atoms with Gasteiger partial charge in [0.2, 0.25) is 0 Å². The van der Waals surface area contributed by atoms with Crippen LogP contribution < -0.4 is 5.73 Å². The van der Waals surface area contributed by atoms with Gasteiger partial charge >= 0.3 is 0 Å². The van der Waals surface area contributed by atoms with E-state index in [1.165, 1.54) is 0 Å². The molecule has 0 aromatic heterocycles. The van der Waals surface area contributed by atoms with Crippen LogP contribution in [-0.2, 0) is 0 Å². The van der Waals surface area contributed by atoms with Crippen molar-refractivity contribution in [2.24, 2.45) is 5.73 Å². The van der Waals surface area contributed by atoms with Crippen LogP contribution >= 0.6 is 0 Å². The maximum atomic E-state index is 12.0. The highest BCUT2D eigenvalue weighted by atomic mass is 16.1. The summed E-state index contributed by atoms with van der Waals surface area (Å²) in [4.78, 5) is 12.0. The highest BCUT2D eigenvalue weighted by Crippen LogP contribution is 2.15. The second-order valence-electron chi connectivity index (χ2n) is 4.69. The van der Waals surface area contributed by atoms with Gasteiger partial charge in [-0.05, 0) is 44.9 Å². The molecule has 0 aliphatic heterocycles. The van der Waals surface area contributed by atoms with E-state index in [2.05, 4.69) is 0 Å². The Hall–Kier alpha value is -1.15. The van der Waals surface area contributed by atoms with E-state index in [-0.39, 0.29) is 5.78 Å². The Labute approximate surface area is 104 Å². The average molecular weight is 233 g/mol. The number of hydrogen-bond donors (Lipinski definition) is 1. The molecule has 0 saturated heterocycles. The van der Waals surface area contributed by atoms with Crippen LogP contribution in [0, 0.1) is 13.8 Å². The number of hydrogen-bond acceptors (Lipinski definition) is 2. The molecule has 0 fully saturated rings. The fourth-order valence-corrected chi connectivity index (χ4v) is 1.95. The van der Waals surface area contributed by atoms with Crippen LogP contribution in [-0.4, -0.2) is 12.3 Å². The van der Waals surface area contributed by atoms with Crippen LogP contribution in [0.15, 0.2) is 18.2 Å². The Morgan fingerprint density at radius 3 is 2.53 bits per heavy atom. The summed E-state index contributed by atoms with van der Waals surface area (Å²) in [6, 6.07) is 6.07. The first-order valence-corrected chi connectivity index (χ1v) is 6.45. The van der Waals surface area contributed by atoms with Crippen LogP contribution in [0.4, 0.5) is 0 Å². The summed E-state index contributed by atoms with van der Waals surface area (Å²) in [6.07, 6.45) is 4.95. The number of carbonyl (C=O) groups is 1. The van der Waals surface area contributed by atoms with E-state index in [1.54, 1.807) is 0 Å². The summed E-state index contributed by atoms with van der Waals surface area (Å²) >= 11 is 0. The minimum atomic E-state index is 0.277. The number of Topliss-reactive ketones (excluding diaryl/α,β-unsaturated/α-hetero) is 1. The third-order valence-electron chi connectivity index (χ3n) is 3.05. The molecule has 0 atom stereocenters. The third kappa shape index (κ3) is 4.70. The molecule has 0 saturated carbocycles. The molecule has 1 aromatic carbocycles. The summed E-state index contributed by atoms with van der Waals surface area (Å²) < 4.78 is 0. The summed E-state index contributed by atoms with van der Waals surface area (Å²) in [5, 5.41) is 0. The fraction of sp³-hybridized carbons (Fsp3) is 0.533. The minimum Gasteiger partial charge on any atom is -0.330 e. The lowest BCUT2D eigenvalue weighted by atomic mass is 9.98. The zero-order chi connectivity index (χ0) is 12.7. The van der Waals surface area contributed by atoms with Crippen LogP contribution in [0.5, 0.6) is 0 Å². The first kappa shape index (κ1) is 13.9. The highest BCUT2D eigenvalue weighted by Gasteiger charge is 2.08. The number of aryl methyl sites for hydroxylation is 2. The van der Waals surface area contributed by atoms with Gasteiger partial charge in [-0.15, -0.1) is 0 Å². The topological polar surface area (TPSA) is 43.1 Å². The predicted octanol–water partition coefficient (Wildman–Crippen LogP) is 3.40. The van der Waals surface area contributed by atoms with Crippen molar-refractivity contribution in [1.29, 1.82) is 0 Å². The van der Waals surface area contributed by atoms with Crippen LogP contribution in [0.2, 0.25) is 0 Å². The lowest BCUT2D eigenvalue weighted by Crippen LogP contribution is -2.03. The average Bonchev–Trinajstić information content (AvgIpc) is 2.32. The Bertz CT molecular complexity index is 371. The number of ketones is 1. The van der Waals surface area contributed by atoms with E-state index in [0.717, 1.165) is 48.9 Å². The molecule has 0 aliphatic carbocycles. The number of benzene rings is 1. The van der Waals surface area contributed by atoms with Crippen molar-refractivity contribution in [1.82, 2.24) is 0 Å². The molecule has 1 rings (SSSR count). The molecule has 0 heterocycles. The summed E-state index contributed by atoms with van der Waals surface area (Å²) in [7, 11) is 0. The normalized spacial score (nSPS) is 10.5. The van der Waals surface area contributed by atoms with E-state index >= 15 is 0 Å². The van der Waals surface area contributed by atoms with E-state index < -0.39 is 0 Å². The van der Waals surface area contributed by atoms with Gasteiger partial charge in [0.1, 0.15) is 0 Å². The van der Waals surface area contributed by atoms with Gasteiger partial charge in [0.05, 0.1) is 0 Å². The quantitative estimate of drug-likeness (QED) is 0.579. The lowest BCUT2D eigenvalue weighted by molar-refractivity contribution is 0.0978. The first-order valence-electron chi connectivity index (χ1n) is 6.45. The number of nitrogens with two attached hydrogens (primary N) is 1. The molecule has 0 unspecified atom stereocenters. The highest BCUT2D eigenvalue weighted by molar-refractivity contribution is 5.97. The second-order valence-corrected chi connectivity index (χ2v) is 4.69. The Morgan fingerprint density at radius 2 is 1.82 bits per heavy atom. The van der Waals surface area contributed by atoms with E-state index in [9.17, 15) is 4.79 Å². The SMILES string of the molecule is Cc1ccc(C)c(C(=O)CCCCCCN)c1. The van der Waals surface area contributed by atoms with Crippen LogP contribution in [0.25, 0.3) is 0 Å². The smallest absolute Gasteiger partial charge is 0.163 e. The number of carbonyl (C=O) groups excluding carboxylic acids is 1. The fourth-order valence-electron chi connectivity index (χ4n) is 1.95. The van der Waals surface area contributed by atoms with Crippen molar-refractivity contribution in [3.63, 3.8) is 0 Å². The molecule has 17 heavy (non-hydrogen) atoms. The van der Waals surface area contributed by atoms with E-state index in [1.807, 2.05) is 32.0 Å². The maximum Gasteiger partial charge on any atom is 0.163 e. The Morgan fingerprint density at radius 1 is 1.12 bits per heavy atom. The van der Waals surface area contributed by atoms with E-state index in [0.29, 0.717) is 6.42 Å². The van der Waals surface area contributed by atoms with Crippen molar-refractivity contribution in [3.05, 3.63) is 34.9 Å². The van der Waals surface area contributed by atoms with Crippen molar-refractivity contribution in [2.45, 2.75) is 46.0 Å². The van der Waals surface area contributed by atoms with Crippen molar-refractivity contribution >= 4 is 5.78 Å². The van der Waals surface area contributed by atoms with Gasteiger partial charge in [-0.1, -0.05) is 30.5 Å². The molecule has 0 spiro atoms. The van der Waals surface area contributed by atoms with Crippen LogP contribution in [0.1, 0.15) is 53.6 Å². The largest absolute Gasteiger partial charge is 0.330 e.